The molecule has 0 heterocycles. The summed E-state index contributed by atoms with van der Waals surface area (Å²) < 4.78 is 38.9. The van der Waals surface area contributed by atoms with E-state index in [1.807, 2.05) is 0 Å². The van der Waals surface area contributed by atoms with E-state index in [0.29, 0.717) is 6.07 Å². The van der Waals surface area contributed by atoms with E-state index in [2.05, 4.69) is 0 Å². The fourth-order valence-corrected chi connectivity index (χ4v) is 2.53. The lowest BCUT2D eigenvalue weighted by atomic mass is 9.90. The molecular formula is C15H7Cl2F3N2O2. The van der Waals surface area contributed by atoms with Gasteiger partial charge in [0.2, 0.25) is 0 Å². The van der Waals surface area contributed by atoms with Crippen molar-refractivity contribution in [3.63, 3.8) is 0 Å². The molecule has 0 amide bonds. The molecule has 0 N–H and O–H groups in total. The molecule has 124 valence electrons. The summed E-state index contributed by atoms with van der Waals surface area (Å²) in [6.45, 7) is 0. The monoisotopic (exact) mass is 374 g/mol. The number of nitro groups is 1. The molecule has 2 rings (SSSR count). The summed E-state index contributed by atoms with van der Waals surface area (Å²) >= 11 is 11.8. The smallest absolute Gasteiger partial charge is 0.258 e. The Balaban J connectivity index is 2.58. The van der Waals surface area contributed by atoms with Crippen molar-refractivity contribution in [1.82, 2.24) is 0 Å². The average Bonchev–Trinajstić information content (AvgIpc) is 2.53. The fourth-order valence-electron chi connectivity index (χ4n) is 2.07. The van der Waals surface area contributed by atoms with Gasteiger partial charge in [0.1, 0.15) is 0 Å². The first-order valence-electron chi connectivity index (χ1n) is 6.32. The molecule has 9 heteroatoms. The van der Waals surface area contributed by atoms with Crippen LogP contribution in [0.1, 0.15) is 16.7 Å². The molecule has 2 aromatic rings. The summed E-state index contributed by atoms with van der Waals surface area (Å²) in [5, 5.41) is 19.5. The van der Waals surface area contributed by atoms with Gasteiger partial charge in [0, 0.05) is 12.1 Å². The Kier molecular flexibility index (Phi) is 4.74. The number of rotatable bonds is 3. The van der Waals surface area contributed by atoms with E-state index in [4.69, 9.17) is 23.2 Å². The second-order valence-electron chi connectivity index (χ2n) is 4.77. The lowest BCUT2D eigenvalue weighted by molar-refractivity contribution is -0.384. The van der Waals surface area contributed by atoms with Crippen molar-refractivity contribution in [3.05, 3.63) is 74.3 Å². The molecule has 0 aromatic heterocycles. The highest BCUT2D eigenvalue weighted by molar-refractivity contribution is 6.31. The molecule has 2 aromatic carbocycles. The molecule has 0 spiro atoms. The molecule has 0 saturated carbocycles. The van der Waals surface area contributed by atoms with Crippen LogP contribution in [0.3, 0.4) is 0 Å². The van der Waals surface area contributed by atoms with Gasteiger partial charge >= 0.3 is 6.18 Å². The zero-order valence-corrected chi connectivity index (χ0v) is 13.2. The standard InChI is InChI=1S/C15H7Cl2F3N2O2/c16-13-6-3-10(7-12(13)15(18,19)20)14(17,8-21)9-1-4-11(5-2-9)22(23)24/h1-7H. The Bertz CT molecular complexity index is 832. The Labute approximate surface area is 144 Å². The highest BCUT2D eigenvalue weighted by Crippen LogP contribution is 2.41. The van der Waals surface area contributed by atoms with Crippen LogP contribution in [0.15, 0.2) is 42.5 Å². The predicted octanol–water partition coefficient (Wildman–Crippen LogP) is 5.27. The summed E-state index contributed by atoms with van der Waals surface area (Å²) in [4.78, 5) is 8.07. The summed E-state index contributed by atoms with van der Waals surface area (Å²) in [5.74, 6) is 0. The van der Waals surface area contributed by atoms with Crippen molar-refractivity contribution in [2.75, 3.05) is 0 Å². The molecule has 0 aliphatic heterocycles. The summed E-state index contributed by atoms with van der Waals surface area (Å²) in [6, 6.07) is 9.31. The maximum absolute atomic E-state index is 13.0. The van der Waals surface area contributed by atoms with Crippen LogP contribution in [0, 0.1) is 21.4 Å². The van der Waals surface area contributed by atoms with E-state index in [1.54, 1.807) is 6.07 Å². The molecular weight excluding hydrogens is 368 g/mol. The van der Waals surface area contributed by atoms with Crippen LogP contribution in [0.2, 0.25) is 5.02 Å². The SMILES string of the molecule is N#CC(Cl)(c1ccc([N+](=O)[O-])cc1)c1ccc(Cl)c(C(F)(F)F)c1. The number of halogens is 5. The van der Waals surface area contributed by atoms with Gasteiger partial charge in [-0.2, -0.15) is 18.4 Å². The Morgan fingerprint density at radius 3 is 2.08 bits per heavy atom. The van der Waals surface area contributed by atoms with E-state index >= 15 is 0 Å². The van der Waals surface area contributed by atoms with Crippen molar-refractivity contribution in [1.29, 1.82) is 5.26 Å². The van der Waals surface area contributed by atoms with Crippen LogP contribution in [-0.2, 0) is 11.1 Å². The number of hydrogen-bond acceptors (Lipinski definition) is 3. The first kappa shape index (κ1) is 18.0. The largest absolute Gasteiger partial charge is 0.417 e. The second-order valence-corrected chi connectivity index (χ2v) is 5.74. The van der Waals surface area contributed by atoms with Gasteiger partial charge in [0.05, 0.1) is 21.6 Å². The van der Waals surface area contributed by atoms with Crippen molar-refractivity contribution in [3.8, 4) is 6.07 Å². The highest BCUT2D eigenvalue weighted by Gasteiger charge is 2.38. The summed E-state index contributed by atoms with van der Waals surface area (Å²) in [5.41, 5.74) is -1.39. The third-order valence-electron chi connectivity index (χ3n) is 3.30. The first-order chi connectivity index (χ1) is 11.1. The molecule has 0 aliphatic carbocycles. The zero-order chi connectivity index (χ0) is 18.1. The van der Waals surface area contributed by atoms with Gasteiger partial charge in [-0.25, -0.2) is 0 Å². The molecule has 0 radical (unpaired) electrons. The lowest BCUT2D eigenvalue weighted by Crippen LogP contribution is -2.19. The zero-order valence-electron chi connectivity index (χ0n) is 11.6. The quantitative estimate of drug-likeness (QED) is 0.417. The van der Waals surface area contributed by atoms with E-state index in [9.17, 15) is 28.5 Å². The van der Waals surface area contributed by atoms with Gasteiger partial charge in [-0.1, -0.05) is 29.3 Å². The minimum atomic E-state index is -4.71. The van der Waals surface area contributed by atoms with Gasteiger partial charge in [0.15, 0.2) is 4.87 Å². The topological polar surface area (TPSA) is 66.9 Å². The first-order valence-corrected chi connectivity index (χ1v) is 7.07. The van der Waals surface area contributed by atoms with E-state index in [-0.39, 0.29) is 16.8 Å². The third kappa shape index (κ3) is 3.30. The number of nitriles is 1. The molecule has 1 atom stereocenters. The third-order valence-corrected chi connectivity index (χ3v) is 4.15. The normalized spacial score (nSPS) is 13.8. The van der Waals surface area contributed by atoms with Crippen LogP contribution in [-0.4, -0.2) is 4.92 Å². The number of non-ortho nitro benzene ring substituents is 1. The Morgan fingerprint density at radius 1 is 1.08 bits per heavy atom. The van der Waals surface area contributed by atoms with Crippen LogP contribution in [0.5, 0.6) is 0 Å². The van der Waals surface area contributed by atoms with Crippen molar-refractivity contribution in [2.24, 2.45) is 0 Å². The predicted molar refractivity (Wildman–Crippen MR) is 81.8 cm³/mol. The fraction of sp³-hybridized carbons (Fsp3) is 0.133. The minimum absolute atomic E-state index is 0.104. The van der Waals surface area contributed by atoms with Gasteiger partial charge in [0.25, 0.3) is 5.69 Å². The van der Waals surface area contributed by atoms with Gasteiger partial charge in [-0.3, -0.25) is 10.1 Å². The van der Waals surface area contributed by atoms with Gasteiger partial charge in [-0.15, -0.1) is 0 Å². The molecule has 0 fully saturated rings. The number of benzene rings is 2. The maximum atomic E-state index is 13.0. The molecule has 0 saturated heterocycles. The summed E-state index contributed by atoms with van der Waals surface area (Å²) in [6.07, 6.45) is -4.71. The van der Waals surface area contributed by atoms with Crippen LogP contribution in [0.25, 0.3) is 0 Å². The van der Waals surface area contributed by atoms with Crippen molar-refractivity contribution >= 4 is 28.9 Å². The van der Waals surface area contributed by atoms with E-state index < -0.39 is 26.6 Å². The average molecular weight is 375 g/mol. The molecule has 24 heavy (non-hydrogen) atoms. The van der Waals surface area contributed by atoms with E-state index in [0.717, 1.165) is 18.2 Å². The van der Waals surface area contributed by atoms with Crippen molar-refractivity contribution < 1.29 is 18.1 Å². The molecule has 1 unspecified atom stereocenters. The van der Waals surface area contributed by atoms with E-state index in [1.165, 1.54) is 18.2 Å². The second kappa shape index (κ2) is 6.30. The summed E-state index contributed by atoms with van der Waals surface area (Å²) in [7, 11) is 0. The number of hydrogen-bond donors (Lipinski definition) is 0. The van der Waals surface area contributed by atoms with Gasteiger partial charge < -0.3 is 0 Å². The number of alkyl halides is 4. The molecule has 0 aliphatic rings. The van der Waals surface area contributed by atoms with Crippen LogP contribution < -0.4 is 0 Å². The van der Waals surface area contributed by atoms with Crippen molar-refractivity contribution in [2.45, 2.75) is 11.1 Å². The number of nitro benzene ring substituents is 1. The Hall–Kier alpha value is -2.30. The van der Waals surface area contributed by atoms with Crippen LogP contribution >= 0.6 is 23.2 Å². The number of nitrogens with zero attached hydrogens (tertiary/aromatic N) is 2. The minimum Gasteiger partial charge on any atom is -0.258 e. The van der Waals surface area contributed by atoms with Crippen LogP contribution in [0.4, 0.5) is 18.9 Å². The molecule has 4 nitrogen and oxygen atoms in total. The molecule has 0 bridgehead atoms. The lowest BCUT2D eigenvalue weighted by Gasteiger charge is -2.21. The maximum Gasteiger partial charge on any atom is 0.417 e. The van der Waals surface area contributed by atoms with Gasteiger partial charge in [-0.05, 0) is 35.4 Å². The Morgan fingerprint density at radius 2 is 1.62 bits per heavy atom. The highest BCUT2D eigenvalue weighted by atomic mass is 35.5.